The van der Waals surface area contributed by atoms with Crippen LogP contribution >= 0.6 is 11.6 Å². The molecule has 56 valence electrons. The van der Waals surface area contributed by atoms with E-state index < -0.39 is 0 Å². The summed E-state index contributed by atoms with van der Waals surface area (Å²) in [5.41, 5.74) is 0.299. The van der Waals surface area contributed by atoms with Gasteiger partial charge in [0.25, 0.3) is 0 Å². The van der Waals surface area contributed by atoms with Crippen LogP contribution in [0.15, 0.2) is 18.2 Å². The largest absolute Gasteiger partial charge is 0.294 e. The maximum Gasteiger partial charge on any atom is 0.173 e. The molecule has 0 aliphatic rings. The van der Waals surface area contributed by atoms with E-state index >= 15 is 0 Å². The Morgan fingerprint density at radius 2 is 2.27 bits per heavy atom. The number of nitriles is 1. The highest BCUT2D eigenvalue weighted by Gasteiger charge is 2.00. The molecule has 0 saturated carbocycles. The quantitative estimate of drug-likeness (QED) is 0.650. The molecule has 0 N–H and O–H groups in total. The minimum Gasteiger partial charge on any atom is -0.294 e. The predicted octanol–water partition coefficient (Wildman–Crippen LogP) is 2.47. The van der Waals surface area contributed by atoms with E-state index in [1.807, 2.05) is 6.07 Å². The third kappa shape index (κ3) is 1.60. The van der Waals surface area contributed by atoms with Crippen molar-refractivity contribution in [2.75, 3.05) is 0 Å². The fourth-order valence-corrected chi connectivity index (χ4v) is 0.847. The first-order chi connectivity index (χ1) is 5.27. The Bertz CT molecular complexity index is 308. The second-order valence-corrected chi connectivity index (χ2v) is 2.24. The molecular formula is C7H3ClFNO. The zero-order valence-corrected chi connectivity index (χ0v) is 6.10. The van der Waals surface area contributed by atoms with Gasteiger partial charge in [-0.1, -0.05) is 11.6 Å². The van der Waals surface area contributed by atoms with Gasteiger partial charge in [-0.05, 0) is 12.1 Å². The Kier molecular flexibility index (Phi) is 2.29. The molecule has 1 aromatic rings. The summed E-state index contributed by atoms with van der Waals surface area (Å²) in [5, 5.41) is 8.60. The maximum atomic E-state index is 11.5. The molecule has 0 radical (unpaired) electrons. The van der Waals surface area contributed by atoms with Gasteiger partial charge in [0.2, 0.25) is 0 Å². The molecule has 2 nitrogen and oxygen atoms in total. The van der Waals surface area contributed by atoms with Gasteiger partial charge in [-0.15, -0.1) is 0 Å². The van der Waals surface area contributed by atoms with Crippen LogP contribution in [0.2, 0.25) is 5.02 Å². The lowest BCUT2D eigenvalue weighted by molar-refractivity contribution is -0.00619. The topological polar surface area (TPSA) is 33.0 Å². The Hall–Kier alpha value is -1.27. The molecule has 0 aromatic heterocycles. The molecule has 0 spiro atoms. The first-order valence-corrected chi connectivity index (χ1v) is 3.14. The minimum absolute atomic E-state index is 0.00556. The summed E-state index contributed by atoms with van der Waals surface area (Å²) in [7, 11) is 0. The van der Waals surface area contributed by atoms with Crippen molar-refractivity contribution in [1.29, 1.82) is 5.26 Å². The number of hydrogen-bond donors (Lipinski definition) is 0. The van der Waals surface area contributed by atoms with Crippen molar-refractivity contribution >= 4 is 11.6 Å². The molecule has 1 rings (SSSR count). The number of halogens is 2. The van der Waals surface area contributed by atoms with E-state index in [0.717, 1.165) is 0 Å². The van der Waals surface area contributed by atoms with E-state index in [1.54, 1.807) is 0 Å². The Labute approximate surface area is 67.7 Å². The zero-order valence-electron chi connectivity index (χ0n) is 5.34. The molecule has 0 bridgehead atoms. The van der Waals surface area contributed by atoms with E-state index in [-0.39, 0.29) is 10.8 Å². The van der Waals surface area contributed by atoms with Gasteiger partial charge in [0.1, 0.15) is 6.07 Å². The van der Waals surface area contributed by atoms with E-state index in [2.05, 4.69) is 4.94 Å². The summed E-state index contributed by atoms with van der Waals surface area (Å²) in [5.74, 6) is -0.00556. The first-order valence-electron chi connectivity index (χ1n) is 2.76. The summed E-state index contributed by atoms with van der Waals surface area (Å²) >= 11 is 5.54. The average Bonchev–Trinajstić information content (AvgIpc) is 2.04. The SMILES string of the molecule is N#Cc1ccc(OF)cc1Cl. The summed E-state index contributed by atoms with van der Waals surface area (Å²) in [6.07, 6.45) is 0. The summed E-state index contributed by atoms with van der Waals surface area (Å²) in [6, 6.07) is 5.78. The second kappa shape index (κ2) is 3.22. The molecular weight excluding hydrogens is 169 g/mol. The standard InChI is InChI=1S/C7H3ClFNO/c8-7-3-6(11-9)2-1-5(7)4-10/h1-3H. The molecule has 11 heavy (non-hydrogen) atoms. The molecule has 0 unspecified atom stereocenters. The van der Waals surface area contributed by atoms with Crippen LogP contribution in [0.5, 0.6) is 5.75 Å². The highest BCUT2D eigenvalue weighted by Crippen LogP contribution is 2.21. The molecule has 0 amide bonds. The molecule has 0 atom stereocenters. The molecule has 0 aliphatic heterocycles. The lowest BCUT2D eigenvalue weighted by atomic mass is 10.2. The molecule has 0 aliphatic carbocycles. The van der Waals surface area contributed by atoms with Crippen molar-refractivity contribution in [3.05, 3.63) is 28.8 Å². The monoisotopic (exact) mass is 171 g/mol. The van der Waals surface area contributed by atoms with Crippen LogP contribution in [-0.2, 0) is 0 Å². The van der Waals surface area contributed by atoms with Crippen molar-refractivity contribution in [3.8, 4) is 11.8 Å². The van der Waals surface area contributed by atoms with Gasteiger partial charge < -0.3 is 0 Å². The molecule has 1 aromatic carbocycles. The van der Waals surface area contributed by atoms with Crippen LogP contribution in [0.25, 0.3) is 0 Å². The third-order valence-electron chi connectivity index (χ3n) is 1.15. The number of hydrogen-bond acceptors (Lipinski definition) is 2. The van der Waals surface area contributed by atoms with Gasteiger partial charge in [-0.25, -0.2) is 0 Å². The van der Waals surface area contributed by atoms with Crippen LogP contribution in [0.3, 0.4) is 0 Å². The summed E-state index contributed by atoms with van der Waals surface area (Å²) < 4.78 is 11.5. The average molecular weight is 172 g/mol. The van der Waals surface area contributed by atoms with Crippen LogP contribution in [-0.4, -0.2) is 0 Å². The fourth-order valence-electron chi connectivity index (χ4n) is 0.634. The van der Waals surface area contributed by atoms with E-state index in [0.29, 0.717) is 5.56 Å². The van der Waals surface area contributed by atoms with Gasteiger partial charge in [-0.2, -0.15) is 5.26 Å². The Morgan fingerprint density at radius 3 is 2.73 bits per heavy atom. The fraction of sp³-hybridized carbons (Fsp3) is 0. The van der Waals surface area contributed by atoms with Gasteiger partial charge in [0.15, 0.2) is 5.75 Å². The van der Waals surface area contributed by atoms with Crippen LogP contribution < -0.4 is 4.94 Å². The highest BCUT2D eigenvalue weighted by molar-refractivity contribution is 6.31. The predicted molar refractivity (Wildman–Crippen MR) is 37.9 cm³/mol. The molecule has 0 saturated heterocycles. The number of nitrogens with zero attached hydrogens (tertiary/aromatic N) is 1. The zero-order chi connectivity index (χ0) is 8.27. The molecule has 4 heteroatoms. The first kappa shape index (κ1) is 7.83. The Morgan fingerprint density at radius 1 is 1.55 bits per heavy atom. The smallest absolute Gasteiger partial charge is 0.173 e. The summed E-state index contributed by atoms with van der Waals surface area (Å²) in [6.45, 7) is 0. The number of rotatable bonds is 1. The highest BCUT2D eigenvalue weighted by atomic mass is 35.5. The van der Waals surface area contributed by atoms with Crippen molar-refractivity contribution in [2.24, 2.45) is 0 Å². The second-order valence-electron chi connectivity index (χ2n) is 1.83. The van der Waals surface area contributed by atoms with E-state index in [4.69, 9.17) is 16.9 Å². The molecule has 0 fully saturated rings. The van der Waals surface area contributed by atoms with Gasteiger partial charge >= 0.3 is 0 Å². The van der Waals surface area contributed by atoms with E-state index in [9.17, 15) is 4.53 Å². The maximum absolute atomic E-state index is 11.5. The summed E-state index contributed by atoms with van der Waals surface area (Å²) in [4.78, 5) is 3.40. The van der Waals surface area contributed by atoms with Crippen molar-refractivity contribution in [1.82, 2.24) is 0 Å². The lowest BCUT2D eigenvalue weighted by Crippen LogP contribution is -1.79. The minimum atomic E-state index is -0.00556. The van der Waals surface area contributed by atoms with Gasteiger partial charge in [-0.3, -0.25) is 4.94 Å². The van der Waals surface area contributed by atoms with Crippen molar-refractivity contribution in [2.45, 2.75) is 0 Å². The van der Waals surface area contributed by atoms with Crippen molar-refractivity contribution in [3.63, 3.8) is 0 Å². The van der Waals surface area contributed by atoms with Gasteiger partial charge in [0.05, 0.1) is 10.6 Å². The van der Waals surface area contributed by atoms with E-state index in [1.165, 1.54) is 18.2 Å². The molecule has 0 heterocycles. The third-order valence-corrected chi connectivity index (χ3v) is 1.46. The van der Waals surface area contributed by atoms with Crippen LogP contribution in [0, 0.1) is 11.3 Å². The van der Waals surface area contributed by atoms with Crippen LogP contribution in [0.4, 0.5) is 4.53 Å². The number of benzene rings is 1. The lowest BCUT2D eigenvalue weighted by Gasteiger charge is -1.95. The Balaban J connectivity index is 3.12. The normalized spacial score (nSPS) is 8.82. The van der Waals surface area contributed by atoms with Gasteiger partial charge in [0, 0.05) is 10.6 Å². The van der Waals surface area contributed by atoms with Crippen LogP contribution in [0.1, 0.15) is 5.56 Å². The van der Waals surface area contributed by atoms with Crippen molar-refractivity contribution < 1.29 is 9.47 Å².